The molecule has 1 rings (SSSR count). The Kier molecular flexibility index (Phi) is 6.35. The molecule has 0 aliphatic heterocycles. The summed E-state index contributed by atoms with van der Waals surface area (Å²) >= 11 is 0. The summed E-state index contributed by atoms with van der Waals surface area (Å²) in [5, 5.41) is 3.37. The van der Waals surface area contributed by atoms with Gasteiger partial charge in [0.25, 0.3) is 0 Å². The minimum atomic E-state index is 0.909. The fraction of sp³-hybridized carbons (Fsp3) is 0.429. The van der Waals surface area contributed by atoms with Crippen LogP contribution < -0.4 is 10.1 Å². The first-order valence-corrected chi connectivity index (χ1v) is 5.88. The van der Waals surface area contributed by atoms with E-state index < -0.39 is 0 Å². The van der Waals surface area contributed by atoms with E-state index in [-0.39, 0.29) is 0 Å². The highest BCUT2D eigenvalue weighted by atomic mass is 16.5. The van der Waals surface area contributed by atoms with Crippen LogP contribution >= 0.6 is 0 Å². The Balaban J connectivity index is 2.32. The van der Waals surface area contributed by atoms with Gasteiger partial charge in [-0.25, -0.2) is 0 Å². The molecule has 2 heteroatoms. The summed E-state index contributed by atoms with van der Waals surface area (Å²) in [6, 6.07) is 8.09. The highest BCUT2D eigenvalue weighted by Crippen LogP contribution is 2.13. The van der Waals surface area contributed by atoms with E-state index in [4.69, 9.17) is 4.74 Å². The minimum Gasteiger partial charge on any atom is -0.497 e. The van der Waals surface area contributed by atoms with Gasteiger partial charge in [0.05, 0.1) is 7.11 Å². The largest absolute Gasteiger partial charge is 0.497 e. The molecular formula is C14H21NO. The summed E-state index contributed by atoms with van der Waals surface area (Å²) in [6.07, 6.45) is 6.59. The second-order valence-electron chi connectivity index (χ2n) is 3.72. The Morgan fingerprint density at radius 2 is 2.19 bits per heavy atom. The van der Waals surface area contributed by atoms with Crippen molar-refractivity contribution in [3.8, 4) is 5.75 Å². The lowest BCUT2D eigenvalue weighted by atomic mass is 10.2. The van der Waals surface area contributed by atoms with E-state index >= 15 is 0 Å². The molecule has 0 unspecified atom stereocenters. The highest BCUT2D eigenvalue weighted by molar-refractivity contribution is 5.51. The van der Waals surface area contributed by atoms with Gasteiger partial charge in [0, 0.05) is 0 Å². The molecule has 16 heavy (non-hydrogen) atoms. The topological polar surface area (TPSA) is 21.3 Å². The van der Waals surface area contributed by atoms with E-state index in [0.29, 0.717) is 0 Å². The normalized spacial score (nSPS) is 10.9. The van der Waals surface area contributed by atoms with Crippen molar-refractivity contribution in [2.75, 3.05) is 20.2 Å². The van der Waals surface area contributed by atoms with Crippen molar-refractivity contribution >= 4 is 6.08 Å². The van der Waals surface area contributed by atoms with Crippen LogP contribution in [-0.2, 0) is 0 Å². The predicted octanol–water partition coefficient (Wildman–Crippen LogP) is 3.10. The van der Waals surface area contributed by atoms with E-state index in [9.17, 15) is 0 Å². The van der Waals surface area contributed by atoms with Crippen LogP contribution in [0, 0.1) is 0 Å². The second-order valence-corrected chi connectivity index (χ2v) is 3.72. The molecule has 2 nitrogen and oxygen atoms in total. The van der Waals surface area contributed by atoms with Crippen molar-refractivity contribution in [2.24, 2.45) is 0 Å². The van der Waals surface area contributed by atoms with Gasteiger partial charge in [-0.05, 0) is 43.6 Å². The summed E-state index contributed by atoms with van der Waals surface area (Å²) in [5.41, 5.74) is 1.19. The SMILES string of the molecule is CCCNCCC=Cc1cccc(OC)c1. The lowest BCUT2D eigenvalue weighted by molar-refractivity contribution is 0.414. The van der Waals surface area contributed by atoms with Gasteiger partial charge in [-0.15, -0.1) is 0 Å². The highest BCUT2D eigenvalue weighted by Gasteiger charge is 1.90. The molecule has 0 amide bonds. The van der Waals surface area contributed by atoms with Crippen LogP contribution in [0.3, 0.4) is 0 Å². The summed E-state index contributed by atoms with van der Waals surface area (Å²) in [6.45, 7) is 4.33. The van der Waals surface area contributed by atoms with Crippen molar-refractivity contribution < 1.29 is 4.74 Å². The zero-order chi connectivity index (χ0) is 11.6. The Morgan fingerprint density at radius 1 is 1.31 bits per heavy atom. The minimum absolute atomic E-state index is 0.909. The third-order valence-electron chi connectivity index (χ3n) is 2.32. The molecule has 0 atom stereocenters. The summed E-state index contributed by atoms with van der Waals surface area (Å²) in [5.74, 6) is 0.909. The van der Waals surface area contributed by atoms with Gasteiger partial charge in [0.2, 0.25) is 0 Å². The van der Waals surface area contributed by atoms with Gasteiger partial charge in [0.15, 0.2) is 0 Å². The number of methoxy groups -OCH3 is 1. The van der Waals surface area contributed by atoms with Crippen LogP contribution in [0.15, 0.2) is 30.3 Å². The molecule has 0 saturated heterocycles. The van der Waals surface area contributed by atoms with E-state index in [1.165, 1.54) is 12.0 Å². The zero-order valence-corrected chi connectivity index (χ0v) is 10.2. The van der Waals surface area contributed by atoms with Crippen molar-refractivity contribution in [2.45, 2.75) is 19.8 Å². The molecule has 0 radical (unpaired) electrons. The number of hydrogen-bond donors (Lipinski definition) is 1. The first-order chi connectivity index (χ1) is 7.86. The van der Waals surface area contributed by atoms with Crippen LogP contribution in [0.2, 0.25) is 0 Å². The lowest BCUT2D eigenvalue weighted by Crippen LogP contribution is -2.14. The summed E-state index contributed by atoms with van der Waals surface area (Å²) in [7, 11) is 1.69. The molecule has 1 aromatic carbocycles. The summed E-state index contributed by atoms with van der Waals surface area (Å²) < 4.78 is 5.17. The van der Waals surface area contributed by atoms with Gasteiger partial charge in [-0.3, -0.25) is 0 Å². The third kappa shape index (κ3) is 4.99. The van der Waals surface area contributed by atoms with Gasteiger partial charge in [-0.1, -0.05) is 31.2 Å². The van der Waals surface area contributed by atoms with Gasteiger partial charge >= 0.3 is 0 Å². The Hall–Kier alpha value is -1.28. The molecule has 0 aliphatic carbocycles. The van der Waals surface area contributed by atoms with E-state index in [1.807, 2.05) is 18.2 Å². The molecule has 0 bridgehead atoms. The lowest BCUT2D eigenvalue weighted by Gasteiger charge is -2.00. The monoisotopic (exact) mass is 219 g/mol. The molecule has 0 aromatic heterocycles. The van der Waals surface area contributed by atoms with Crippen LogP contribution in [0.4, 0.5) is 0 Å². The summed E-state index contributed by atoms with van der Waals surface area (Å²) in [4.78, 5) is 0. The molecule has 0 spiro atoms. The fourth-order valence-corrected chi connectivity index (χ4v) is 1.45. The zero-order valence-electron chi connectivity index (χ0n) is 10.2. The molecule has 0 aliphatic rings. The average Bonchev–Trinajstić information content (AvgIpc) is 2.34. The number of benzene rings is 1. The number of rotatable bonds is 7. The van der Waals surface area contributed by atoms with Gasteiger partial charge in [-0.2, -0.15) is 0 Å². The molecule has 0 fully saturated rings. The molecule has 0 saturated carbocycles. The van der Waals surface area contributed by atoms with E-state index in [2.05, 4.69) is 30.5 Å². The van der Waals surface area contributed by atoms with Crippen LogP contribution in [0.25, 0.3) is 6.08 Å². The number of hydrogen-bond acceptors (Lipinski definition) is 2. The van der Waals surface area contributed by atoms with Crippen LogP contribution in [-0.4, -0.2) is 20.2 Å². The number of nitrogens with one attached hydrogen (secondary N) is 1. The second kappa shape index (κ2) is 7.94. The molecule has 88 valence electrons. The first kappa shape index (κ1) is 12.8. The van der Waals surface area contributed by atoms with E-state index in [1.54, 1.807) is 7.11 Å². The van der Waals surface area contributed by atoms with Crippen LogP contribution in [0.1, 0.15) is 25.3 Å². The predicted molar refractivity (Wildman–Crippen MR) is 69.8 cm³/mol. The molecular weight excluding hydrogens is 198 g/mol. The maximum atomic E-state index is 5.17. The smallest absolute Gasteiger partial charge is 0.119 e. The van der Waals surface area contributed by atoms with E-state index in [0.717, 1.165) is 25.3 Å². The van der Waals surface area contributed by atoms with Crippen LogP contribution in [0.5, 0.6) is 5.75 Å². The maximum absolute atomic E-state index is 5.17. The van der Waals surface area contributed by atoms with Crippen molar-refractivity contribution in [3.05, 3.63) is 35.9 Å². The van der Waals surface area contributed by atoms with Crippen molar-refractivity contribution in [3.63, 3.8) is 0 Å². The molecule has 1 N–H and O–H groups in total. The number of ether oxygens (including phenoxy) is 1. The Labute approximate surface area is 98.3 Å². The molecule has 1 aromatic rings. The third-order valence-corrected chi connectivity index (χ3v) is 2.32. The van der Waals surface area contributed by atoms with Gasteiger partial charge in [0.1, 0.15) is 5.75 Å². The maximum Gasteiger partial charge on any atom is 0.119 e. The molecule has 0 heterocycles. The average molecular weight is 219 g/mol. The van der Waals surface area contributed by atoms with Crippen molar-refractivity contribution in [1.82, 2.24) is 5.32 Å². The van der Waals surface area contributed by atoms with Crippen molar-refractivity contribution in [1.29, 1.82) is 0 Å². The Bertz CT molecular complexity index is 320. The fourth-order valence-electron chi connectivity index (χ4n) is 1.45. The van der Waals surface area contributed by atoms with Gasteiger partial charge < -0.3 is 10.1 Å². The standard InChI is InChI=1S/C14H21NO/c1-3-10-15-11-5-4-7-13-8-6-9-14(12-13)16-2/h4,6-9,12,15H,3,5,10-11H2,1-2H3. The first-order valence-electron chi connectivity index (χ1n) is 5.88. The Morgan fingerprint density at radius 3 is 2.94 bits per heavy atom. The quantitative estimate of drug-likeness (QED) is 0.711.